The maximum atomic E-state index is 2.53. The molecule has 2 aliphatic carbocycles. The predicted octanol–water partition coefficient (Wildman–Crippen LogP) is 13.0. The van der Waals surface area contributed by atoms with Crippen LogP contribution in [0.4, 0.5) is 17.1 Å². The quantitative estimate of drug-likeness (QED) is 0.186. The number of benzene rings is 8. The Morgan fingerprint density at radius 3 is 1.51 bits per heavy atom. The van der Waals surface area contributed by atoms with Gasteiger partial charge in [0, 0.05) is 36.9 Å². The summed E-state index contributed by atoms with van der Waals surface area (Å²) < 4.78 is 1.34. The lowest BCUT2D eigenvalue weighted by Gasteiger charge is -2.32. The molecule has 0 saturated carbocycles. The van der Waals surface area contributed by atoms with Crippen molar-refractivity contribution in [1.29, 1.82) is 0 Å². The van der Waals surface area contributed by atoms with E-state index >= 15 is 0 Å². The van der Waals surface area contributed by atoms with Crippen LogP contribution in [0.3, 0.4) is 0 Å². The minimum atomic E-state index is -0.402. The summed E-state index contributed by atoms with van der Waals surface area (Å²) in [5.74, 6) is 0. The first-order chi connectivity index (χ1) is 24.3. The monoisotopic (exact) mass is 639 g/mol. The number of thiophene rings is 1. The molecule has 0 aliphatic heterocycles. The lowest BCUT2D eigenvalue weighted by molar-refractivity contribution is 0.811. The van der Waals surface area contributed by atoms with Crippen molar-refractivity contribution in [2.24, 2.45) is 0 Å². The molecule has 0 N–H and O–H groups in total. The van der Waals surface area contributed by atoms with Gasteiger partial charge in [-0.1, -0.05) is 152 Å². The van der Waals surface area contributed by atoms with Gasteiger partial charge in [0.2, 0.25) is 0 Å². The number of hydrogen-bond donors (Lipinski definition) is 0. The SMILES string of the molecule is c1ccc2c(c1)-c1c(N(c3cccc4ccccc34)c3cccc4ccccc34)cccc1C21c2ccccc2-c2c1sc1ccccc21. The second-order valence-corrected chi connectivity index (χ2v) is 14.2. The van der Waals surface area contributed by atoms with Crippen molar-refractivity contribution >= 4 is 60.0 Å². The summed E-state index contributed by atoms with van der Waals surface area (Å²) in [5, 5.41) is 6.27. The van der Waals surface area contributed by atoms with Gasteiger partial charge in [0.15, 0.2) is 0 Å². The third kappa shape index (κ3) is 3.49. The molecule has 0 saturated heterocycles. The molecule has 2 heteroatoms. The van der Waals surface area contributed by atoms with Crippen LogP contribution >= 0.6 is 11.3 Å². The molecule has 8 aromatic carbocycles. The van der Waals surface area contributed by atoms with Gasteiger partial charge < -0.3 is 4.90 Å². The molecule has 1 aromatic heterocycles. The molecule has 1 nitrogen and oxygen atoms in total. The predicted molar refractivity (Wildman–Crippen MR) is 208 cm³/mol. The van der Waals surface area contributed by atoms with E-state index in [9.17, 15) is 0 Å². The number of hydrogen-bond acceptors (Lipinski definition) is 2. The fourth-order valence-corrected chi connectivity index (χ4v) is 10.4. The van der Waals surface area contributed by atoms with Crippen molar-refractivity contribution in [2.45, 2.75) is 5.41 Å². The van der Waals surface area contributed by atoms with Gasteiger partial charge in [0.1, 0.15) is 0 Å². The Morgan fingerprint density at radius 1 is 0.367 bits per heavy atom. The third-order valence-electron chi connectivity index (χ3n) is 10.8. The van der Waals surface area contributed by atoms with Crippen molar-refractivity contribution in [3.63, 3.8) is 0 Å². The van der Waals surface area contributed by atoms with Crippen LogP contribution in [-0.2, 0) is 5.41 Å². The average molecular weight is 640 g/mol. The van der Waals surface area contributed by atoms with Crippen LogP contribution in [0.15, 0.2) is 176 Å². The summed E-state index contributed by atoms with van der Waals surface area (Å²) in [5.41, 5.74) is 12.6. The molecule has 2 aliphatic rings. The molecule has 0 radical (unpaired) electrons. The summed E-state index contributed by atoms with van der Waals surface area (Å²) >= 11 is 1.96. The Balaban J connectivity index is 1.29. The number of nitrogens with zero attached hydrogens (tertiary/aromatic N) is 1. The summed E-state index contributed by atoms with van der Waals surface area (Å²) in [6.45, 7) is 0. The highest BCUT2D eigenvalue weighted by Crippen LogP contribution is 2.67. The van der Waals surface area contributed by atoms with Crippen molar-refractivity contribution in [3.8, 4) is 22.3 Å². The molecule has 0 fully saturated rings. The average Bonchev–Trinajstić information content (AvgIpc) is 3.79. The fourth-order valence-electron chi connectivity index (χ4n) is 8.95. The highest BCUT2D eigenvalue weighted by Gasteiger charge is 2.54. The molecule has 1 atom stereocenters. The second kappa shape index (κ2) is 10.0. The molecule has 228 valence electrons. The largest absolute Gasteiger partial charge is 0.309 e. The van der Waals surface area contributed by atoms with E-state index in [0.29, 0.717) is 0 Å². The van der Waals surface area contributed by atoms with Crippen LogP contribution in [0, 0.1) is 0 Å². The Kier molecular flexibility index (Phi) is 5.53. The van der Waals surface area contributed by atoms with Crippen LogP contribution in [0.25, 0.3) is 53.9 Å². The molecule has 1 heterocycles. The Morgan fingerprint density at radius 2 is 0.837 bits per heavy atom. The van der Waals surface area contributed by atoms with E-state index in [2.05, 4.69) is 181 Å². The lowest BCUT2D eigenvalue weighted by Crippen LogP contribution is -2.25. The van der Waals surface area contributed by atoms with E-state index in [4.69, 9.17) is 0 Å². The maximum Gasteiger partial charge on any atom is 0.0820 e. The molecule has 0 bridgehead atoms. The van der Waals surface area contributed by atoms with Crippen LogP contribution in [0.1, 0.15) is 21.6 Å². The van der Waals surface area contributed by atoms with Gasteiger partial charge >= 0.3 is 0 Å². The summed E-state index contributed by atoms with van der Waals surface area (Å²) in [7, 11) is 0. The van der Waals surface area contributed by atoms with Gasteiger partial charge in [-0.05, 0) is 62.9 Å². The number of rotatable bonds is 3. The zero-order chi connectivity index (χ0) is 32.1. The first-order valence-corrected chi connectivity index (χ1v) is 17.8. The van der Waals surface area contributed by atoms with Crippen LogP contribution in [-0.4, -0.2) is 0 Å². The Labute approximate surface area is 289 Å². The van der Waals surface area contributed by atoms with E-state index in [-0.39, 0.29) is 0 Å². The molecular weight excluding hydrogens is 611 g/mol. The van der Waals surface area contributed by atoms with Crippen LogP contribution < -0.4 is 4.90 Å². The van der Waals surface area contributed by atoms with E-state index in [1.54, 1.807) is 0 Å². The molecular formula is C47H29NS. The Bertz CT molecular complexity index is 2720. The number of anilines is 3. The lowest BCUT2D eigenvalue weighted by atomic mass is 9.74. The topological polar surface area (TPSA) is 3.24 Å². The van der Waals surface area contributed by atoms with Crippen molar-refractivity contribution < 1.29 is 0 Å². The molecule has 11 rings (SSSR count). The van der Waals surface area contributed by atoms with Crippen molar-refractivity contribution in [3.05, 3.63) is 197 Å². The van der Waals surface area contributed by atoms with Crippen LogP contribution in [0.5, 0.6) is 0 Å². The summed E-state index contributed by atoms with van der Waals surface area (Å²) in [6.07, 6.45) is 0. The van der Waals surface area contributed by atoms with Crippen LogP contribution in [0.2, 0.25) is 0 Å². The highest BCUT2D eigenvalue weighted by atomic mass is 32.1. The van der Waals surface area contributed by atoms with Gasteiger partial charge in [0.05, 0.1) is 22.5 Å². The minimum Gasteiger partial charge on any atom is -0.309 e. The van der Waals surface area contributed by atoms with Gasteiger partial charge in [0.25, 0.3) is 0 Å². The molecule has 49 heavy (non-hydrogen) atoms. The van der Waals surface area contributed by atoms with Crippen molar-refractivity contribution in [1.82, 2.24) is 0 Å². The van der Waals surface area contributed by atoms with Gasteiger partial charge in [-0.15, -0.1) is 11.3 Å². The van der Waals surface area contributed by atoms with Gasteiger partial charge in [-0.3, -0.25) is 0 Å². The summed E-state index contributed by atoms with van der Waals surface area (Å²) in [4.78, 5) is 3.96. The van der Waals surface area contributed by atoms with Gasteiger partial charge in [-0.25, -0.2) is 0 Å². The Hall–Kier alpha value is -5.96. The number of fused-ring (bicyclic) bond motifs is 14. The zero-order valence-corrected chi connectivity index (χ0v) is 27.4. The van der Waals surface area contributed by atoms with E-state index in [0.717, 1.165) is 0 Å². The third-order valence-corrected chi connectivity index (χ3v) is 12.1. The fraction of sp³-hybridized carbons (Fsp3) is 0.0213. The highest BCUT2D eigenvalue weighted by molar-refractivity contribution is 7.20. The molecule has 9 aromatic rings. The minimum absolute atomic E-state index is 0.402. The second-order valence-electron chi connectivity index (χ2n) is 13.2. The zero-order valence-electron chi connectivity index (χ0n) is 26.6. The van der Waals surface area contributed by atoms with Crippen molar-refractivity contribution in [2.75, 3.05) is 4.90 Å². The van der Waals surface area contributed by atoms with Gasteiger partial charge in [-0.2, -0.15) is 0 Å². The summed E-state index contributed by atoms with van der Waals surface area (Å²) in [6, 6.07) is 65.3. The van der Waals surface area contributed by atoms with E-state index < -0.39 is 5.41 Å². The first-order valence-electron chi connectivity index (χ1n) is 16.9. The van der Waals surface area contributed by atoms with E-state index in [1.165, 1.54) is 92.5 Å². The molecule has 1 unspecified atom stereocenters. The molecule has 1 spiro atoms. The van der Waals surface area contributed by atoms with E-state index in [1.807, 2.05) is 11.3 Å². The standard InChI is InChI=1S/C47H29NS/c1-3-18-32-30(14-1)16-11-26-40(32)48(41-27-12-17-31-15-2-4-19-33(31)41)42-28-13-25-39-45(42)35-21-6-9-24-38(35)47(39)37-23-8-5-20-34(37)44-36-22-7-10-29-43(36)49-46(44)47/h1-29H. The molecule has 0 amide bonds. The smallest absolute Gasteiger partial charge is 0.0820 e. The maximum absolute atomic E-state index is 2.53. The normalized spacial score (nSPS) is 15.4. The first kappa shape index (κ1) is 27.0.